The van der Waals surface area contributed by atoms with E-state index in [0.717, 1.165) is 12.8 Å². The number of benzene rings is 2. The minimum absolute atomic E-state index is 0.210. The summed E-state index contributed by atoms with van der Waals surface area (Å²) in [6.45, 7) is 0. The minimum Gasteiger partial charge on any atom is -0.490 e. The van der Waals surface area contributed by atoms with Crippen molar-refractivity contribution in [2.45, 2.75) is 36.7 Å². The standard InChI is InChI=1S/C17H18BrNO3S/c18-16-10-3-4-11-17(16)23(20,21)19-13-6-5-9-15(12-13)22-14-7-1-2-8-14/h3-6,9-12,14,19H,1-2,7-8H2. The van der Waals surface area contributed by atoms with Crippen molar-refractivity contribution in [3.8, 4) is 5.75 Å². The third-order valence-corrected chi connectivity index (χ3v) is 6.21. The SMILES string of the molecule is O=S(=O)(Nc1cccc(OC2CCCC2)c1)c1ccccc1Br. The molecule has 0 unspecified atom stereocenters. The van der Waals surface area contributed by atoms with E-state index in [1.807, 2.05) is 6.07 Å². The quantitative estimate of drug-likeness (QED) is 0.806. The molecule has 1 N–H and O–H groups in total. The van der Waals surface area contributed by atoms with Crippen molar-refractivity contribution in [1.29, 1.82) is 0 Å². The van der Waals surface area contributed by atoms with Crippen LogP contribution in [0, 0.1) is 0 Å². The highest BCUT2D eigenvalue weighted by Crippen LogP contribution is 2.28. The molecule has 122 valence electrons. The molecule has 3 rings (SSSR count). The molecule has 23 heavy (non-hydrogen) atoms. The van der Waals surface area contributed by atoms with Crippen LogP contribution < -0.4 is 9.46 Å². The molecule has 0 bridgehead atoms. The lowest BCUT2D eigenvalue weighted by molar-refractivity contribution is 0.210. The van der Waals surface area contributed by atoms with Gasteiger partial charge in [-0.05, 0) is 65.9 Å². The fourth-order valence-corrected chi connectivity index (χ4v) is 4.76. The fourth-order valence-electron chi connectivity index (χ4n) is 2.70. The molecule has 0 aromatic heterocycles. The minimum atomic E-state index is -3.64. The number of nitrogens with one attached hydrogen (secondary N) is 1. The molecule has 0 radical (unpaired) electrons. The van der Waals surface area contributed by atoms with Crippen LogP contribution in [0.25, 0.3) is 0 Å². The summed E-state index contributed by atoms with van der Waals surface area (Å²) in [7, 11) is -3.64. The van der Waals surface area contributed by atoms with Gasteiger partial charge < -0.3 is 4.74 Å². The van der Waals surface area contributed by atoms with Crippen LogP contribution in [0.1, 0.15) is 25.7 Å². The summed E-state index contributed by atoms with van der Waals surface area (Å²) in [5.41, 5.74) is 0.497. The molecular weight excluding hydrogens is 378 g/mol. The first-order valence-electron chi connectivity index (χ1n) is 7.59. The lowest BCUT2D eigenvalue weighted by Crippen LogP contribution is -2.14. The zero-order valence-corrected chi connectivity index (χ0v) is 14.9. The topological polar surface area (TPSA) is 55.4 Å². The molecular formula is C17H18BrNO3S. The highest BCUT2D eigenvalue weighted by atomic mass is 79.9. The van der Waals surface area contributed by atoms with Gasteiger partial charge in [0.25, 0.3) is 10.0 Å². The summed E-state index contributed by atoms with van der Waals surface area (Å²) < 4.78 is 34.0. The highest BCUT2D eigenvalue weighted by Gasteiger charge is 2.19. The number of sulfonamides is 1. The van der Waals surface area contributed by atoms with Gasteiger partial charge in [-0.2, -0.15) is 0 Å². The first-order chi connectivity index (χ1) is 11.0. The number of hydrogen-bond donors (Lipinski definition) is 1. The first kappa shape index (κ1) is 16.3. The van der Waals surface area contributed by atoms with Crippen molar-refractivity contribution >= 4 is 31.6 Å². The van der Waals surface area contributed by atoms with Crippen LogP contribution in [-0.2, 0) is 10.0 Å². The van der Waals surface area contributed by atoms with Crippen molar-refractivity contribution in [2.75, 3.05) is 4.72 Å². The van der Waals surface area contributed by atoms with Crippen molar-refractivity contribution < 1.29 is 13.2 Å². The van der Waals surface area contributed by atoms with Gasteiger partial charge in [0.2, 0.25) is 0 Å². The molecule has 1 fully saturated rings. The Bertz CT molecular complexity index is 786. The van der Waals surface area contributed by atoms with E-state index in [1.165, 1.54) is 12.8 Å². The highest BCUT2D eigenvalue weighted by molar-refractivity contribution is 9.10. The average molecular weight is 396 g/mol. The Morgan fingerprint density at radius 2 is 1.78 bits per heavy atom. The van der Waals surface area contributed by atoms with Crippen LogP contribution >= 0.6 is 15.9 Å². The Kier molecular flexibility index (Phi) is 4.92. The maximum atomic E-state index is 12.5. The second-order valence-electron chi connectivity index (χ2n) is 5.59. The first-order valence-corrected chi connectivity index (χ1v) is 9.86. The van der Waals surface area contributed by atoms with Gasteiger partial charge in [0.1, 0.15) is 10.6 Å². The van der Waals surface area contributed by atoms with E-state index >= 15 is 0 Å². The van der Waals surface area contributed by atoms with Crippen LogP contribution in [0.15, 0.2) is 57.9 Å². The van der Waals surface area contributed by atoms with E-state index in [1.54, 1.807) is 42.5 Å². The lowest BCUT2D eigenvalue weighted by atomic mass is 10.3. The van der Waals surface area contributed by atoms with Gasteiger partial charge in [0.15, 0.2) is 0 Å². The zero-order chi connectivity index (χ0) is 16.3. The maximum absolute atomic E-state index is 12.5. The normalized spacial score (nSPS) is 15.5. The largest absolute Gasteiger partial charge is 0.490 e. The maximum Gasteiger partial charge on any atom is 0.263 e. The summed E-state index contributed by atoms with van der Waals surface area (Å²) in [5, 5.41) is 0. The Morgan fingerprint density at radius 3 is 2.52 bits per heavy atom. The second-order valence-corrected chi connectivity index (χ2v) is 8.09. The van der Waals surface area contributed by atoms with Crippen LogP contribution in [0.5, 0.6) is 5.75 Å². The molecule has 0 aliphatic heterocycles. The van der Waals surface area contributed by atoms with Gasteiger partial charge in [0, 0.05) is 10.5 Å². The van der Waals surface area contributed by atoms with Crippen LogP contribution in [0.4, 0.5) is 5.69 Å². The zero-order valence-electron chi connectivity index (χ0n) is 12.5. The molecule has 0 spiro atoms. The summed E-state index contributed by atoms with van der Waals surface area (Å²) in [6, 6.07) is 13.8. The summed E-state index contributed by atoms with van der Waals surface area (Å²) in [5.74, 6) is 0.698. The average Bonchev–Trinajstić information content (AvgIpc) is 3.00. The fraction of sp³-hybridized carbons (Fsp3) is 0.294. The van der Waals surface area contributed by atoms with Crippen molar-refractivity contribution in [3.05, 3.63) is 53.0 Å². The predicted octanol–water partition coefficient (Wildman–Crippen LogP) is 4.57. The molecule has 0 atom stereocenters. The van der Waals surface area contributed by atoms with Gasteiger partial charge in [-0.3, -0.25) is 4.72 Å². The van der Waals surface area contributed by atoms with Crippen molar-refractivity contribution in [1.82, 2.24) is 0 Å². The van der Waals surface area contributed by atoms with Gasteiger partial charge in [-0.1, -0.05) is 18.2 Å². The van der Waals surface area contributed by atoms with Gasteiger partial charge >= 0.3 is 0 Å². The van der Waals surface area contributed by atoms with Crippen LogP contribution in [0.2, 0.25) is 0 Å². The molecule has 2 aromatic rings. The summed E-state index contributed by atoms with van der Waals surface area (Å²) >= 11 is 3.27. The monoisotopic (exact) mass is 395 g/mol. The Hall–Kier alpha value is -1.53. The molecule has 1 aliphatic rings. The molecule has 0 amide bonds. The number of hydrogen-bond acceptors (Lipinski definition) is 3. The molecule has 0 saturated heterocycles. The van der Waals surface area contributed by atoms with Gasteiger partial charge in [-0.15, -0.1) is 0 Å². The van der Waals surface area contributed by atoms with E-state index in [0.29, 0.717) is 15.9 Å². The predicted molar refractivity (Wildman–Crippen MR) is 94.3 cm³/mol. The molecule has 2 aromatic carbocycles. The number of halogens is 1. The van der Waals surface area contributed by atoms with E-state index < -0.39 is 10.0 Å². The van der Waals surface area contributed by atoms with E-state index in [9.17, 15) is 8.42 Å². The Morgan fingerprint density at radius 1 is 1.04 bits per heavy atom. The number of ether oxygens (including phenoxy) is 1. The molecule has 0 heterocycles. The second kappa shape index (κ2) is 6.93. The molecule has 4 nitrogen and oxygen atoms in total. The summed E-state index contributed by atoms with van der Waals surface area (Å²) in [6.07, 6.45) is 4.75. The Labute approximate surface area is 145 Å². The third kappa shape index (κ3) is 4.06. The van der Waals surface area contributed by atoms with Crippen LogP contribution in [-0.4, -0.2) is 14.5 Å². The third-order valence-electron chi connectivity index (χ3n) is 3.82. The summed E-state index contributed by atoms with van der Waals surface area (Å²) in [4.78, 5) is 0.210. The van der Waals surface area contributed by atoms with E-state index in [4.69, 9.17) is 4.74 Å². The van der Waals surface area contributed by atoms with Gasteiger partial charge in [0.05, 0.1) is 11.8 Å². The van der Waals surface area contributed by atoms with Crippen molar-refractivity contribution in [2.24, 2.45) is 0 Å². The number of rotatable bonds is 5. The van der Waals surface area contributed by atoms with Gasteiger partial charge in [-0.25, -0.2) is 8.42 Å². The number of anilines is 1. The van der Waals surface area contributed by atoms with E-state index in [2.05, 4.69) is 20.7 Å². The Balaban J connectivity index is 1.78. The van der Waals surface area contributed by atoms with Crippen LogP contribution in [0.3, 0.4) is 0 Å². The lowest BCUT2D eigenvalue weighted by Gasteiger charge is -2.15. The molecule has 1 saturated carbocycles. The molecule has 6 heteroatoms. The molecule has 1 aliphatic carbocycles. The smallest absolute Gasteiger partial charge is 0.263 e. The van der Waals surface area contributed by atoms with E-state index in [-0.39, 0.29) is 11.0 Å². The van der Waals surface area contributed by atoms with Crippen molar-refractivity contribution in [3.63, 3.8) is 0 Å².